The van der Waals surface area contributed by atoms with Gasteiger partial charge in [-0.05, 0) is 6.42 Å². The highest BCUT2D eigenvalue weighted by molar-refractivity contribution is 5.80. The lowest BCUT2D eigenvalue weighted by molar-refractivity contribution is -0.144. The van der Waals surface area contributed by atoms with Gasteiger partial charge < -0.3 is 14.6 Å². The Morgan fingerprint density at radius 2 is 2.38 bits per heavy atom. The summed E-state index contributed by atoms with van der Waals surface area (Å²) in [5, 5.41) is 8.96. The first-order valence-corrected chi connectivity index (χ1v) is 5.01. The number of nitrogens with zero attached hydrogens (tertiary/aromatic N) is 1. The van der Waals surface area contributed by atoms with Crippen molar-refractivity contribution in [1.29, 1.82) is 0 Å². The van der Waals surface area contributed by atoms with Crippen molar-refractivity contribution in [2.75, 3.05) is 26.4 Å². The summed E-state index contributed by atoms with van der Waals surface area (Å²) in [6, 6.07) is -0.972. The van der Waals surface area contributed by atoms with Crippen molar-refractivity contribution in [1.82, 2.24) is 4.90 Å². The van der Waals surface area contributed by atoms with E-state index in [-0.39, 0.29) is 13.2 Å². The van der Waals surface area contributed by atoms with Crippen LogP contribution in [0, 0.1) is 0 Å². The molecule has 0 aromatic carbocycles. The van der Waals surface area contributed by atoms with Gasteiger partial charge in [-0.2, -0.15) is 0 Å². The van der Waals surface area contributed by atoms with Gasteiger partial charge in [0, 0.05) is 13.2 Å². The molecule has 0 aliphatic carbocycles. The molecule has 1 rings (SSSR count). The average molecular weight is 229 g/mol. The maximum absolute atomic E-state index is 11.6. The van der Waals surface area contributed by atoms with Gasteiger partial charge in [0.15, 0.2) is 6.04 Å². The molecule has 0 aromatic heterocycles. The number of amides is 1. The van der Waals surface area contributed by atoms with Crippen LogP contribution >= 0.6 is 0 Å². The largest absolute Gasteiger partial charge is 0.480 e. The van der Waals surface area contributed by atoms with Crippen molar-refractivity contribution in [2.45, 2.75) is 12.5 Å². The van der Waals surface area contributed by atoms with Crippen LogP contribution < -0.4 is 0 Å². The SMILES string of the molecule is C=CCOC(=O)N1CCCOC[C@H]1C(=O)O. The molecule has 0 bridgehead atoms. The minimum absolute atomic E-state index is 0.00147. The molecule has 16 heavy (non-hydrogen) atoms. The fourth-order valence-electron chi connectivity index (χ4n) is 1.41. The molecule has 0 unspecified atom stereocenters. The summed E-state index contributed by atoms with van der Waals surface area (Å²) in [5.41, 5.74) is 0. The van der Waals surface area contributed by atoms with E-state index >= 15 is 0 Å². The van der Waals surface area contributed by atoms with Gasteiger partial charge in [0.2, 0.25) is 0 Å². The maximum Gasteiger partial charge on any atom is 0.410 e. The number of carbonyl (C=O) groups excluding carboxylic acids is 1. The van der Waals surface area contributed by atoms with Gasteiger partial charge in [0.1, 0.15) is 6.61 Å². The number of carboxylic acids is 1. The number of carboxylic acid groups (broad SMARTS) is 1. The van der Waals surface area contributed by atoms with Crippen LogP contribution in [0.3, 0.4) is 0 Å². The van der Waals surface area contributed by atoms with Crippen LogP contribution in [0.5, 0.6) is 0 Å². The molecule has 1 amide bonds. The van der Waals surface area contributed by atoms with Gasteiger partial charge in [0.05, 0.1) is 6.61 Å². The Hall–Kier alpha value is -1.56. The number of rotatable bonds is 3. The van der Waals surface area contributed by atoms with Gasteiger partial charge in [-0.3, -0.25) is 4.90 Å². The highest BCUT2D eigenvalue weighted by Crippen LogP contribution is 2.09. The maximum atomic E-state index is 11.6. The molecule has 1 fully saturated rings. The first-order chi connectivity index (χ1) is 7.66. The summed E-state index contributed by atoms with van der Waals surface area (Å²) in [7, 11) is 0. The standard InChI is InChI=1S/C10H15NO5/c1-2-5-16-10(14)11-4-3-6-15-7-8(11)9(12)13/h2,8H,1,3-7H2,(H,12,13)/t8-/m0/s1. The molecule has 0 spiro atoms. The van der Waals surface area contributed by atoms with Crippen molar-refractivity contribution < 1.29 is 24.2 Å². The van der Waals surface area contributed by atoms with Crippen LogP contribution in [-0.2, 0) is 14.3 Å². The second kappa shape index (κ2) is 6.12. The van der Waals surface area contributed by atoms with Crippen molar-refractivity contribution in [3.8, 4) is 0 Å². The van der Waals surface area contributed by atoms with Gasteiger partial charge >= 0.3 is 12.1 Å². The smallest absolute Gasteiger partial charge is 0.410 e. The predicted octanol–water partition coefficient (Wildman–Crippen LogP) is 0.485. The Morgan fingerprint density at radius 3 is 3.00 bits per heavy atom. The monoisotopic (exact) mass is 229 g/mol. The van der Waals surface area contributed by atoms with Crippen LogP contribution in [0.1, 0.15) is 6.42 Å². The van der Waals surface area contributed by atoms with Gasteiger partial charge in [0.25, 0.3) is 0 Å². The zero-order chi connectivity index (χ0) is 12.0. The number of ether oxygens (including phenoxy) is 2. The first-order valence-electron chi connectivity index (χ1n) is 5.01. The van der Waals surface area contributed by atoms with E-state index in [1.54, 1.807) is 0 Å². The lowest BCUT2D eigenvalue weighted by atomic mass is 10.3. The normalized spacial score (nSPS) is 21.0. The van der Waals surface area contributed by atoms with Crippen molar-refractivity contribution in [3.05, 3.63) is 12.7 Å². The van der Waals surface area contributed by atoms with Crippen molar-refractivity contribution in [2.24, 2.45) is 0 Å². The van der Waals surface area contributed by atoms with E-state index in [0.717, 1.165) is 0 Å². The van der Waals surface area contributed by atoms with Crippen molar-refractivity contribution >= 4 is 12.1 Å². The zero-order valence-electron chi connectivity index (χ0n) is 8.92. The van der Waals surface area contributed by atoms with Gasteiger partial charge in [-0.1, -0.05) is 12.7 Å². The lowest BCUT2D eigenvalue weighted by Gasteiger charge is -2.24. The van der Waals surface area contributed by atoms with E-state index < -0.39 is 18.1 Å². The van der Waals surface area contributed by atoms with E-state index in [0.29, 0.717) is 19.6 Å². The minimum atomic E-state index is -1.09. The molecule has 1 atom stereocenters. The number of aliphatic carboxylic acids is 1. The molecule has 0 saturated carbocycles. The van der Waals surface area contributed by atoms with Gasteiger partial charge in [-0.15, -0.1) is 0 Å². The number of carbonyl (C=O) groups is 2. The highest BCUT2D eigenvalue weighted by atomic mass is 16.6. The van der Waals surface area contributed by atoms with Crippen LogP contribution in [-0.4, -0.2) is 54.5 Å². The third-order valence-corrected chi connectivity index (χ3v) is 2.18. The minimum Gasteiger partial charge on any atom is -0.480 e. The molecular weight excluding hydrogens is 214 g/mol. The molecule has 6 nitrogen and oxygen atoms in total. The van der Waals surface area contributed by atoms with Crippen LogP contribution in [0.4, 0.5) is 4.79 Å². The average Bonchev–Trinajstić information content (AvgIpc) is 2.50. The Balaban J connectivity index is 2.66. The number of hydrogen-bond acceptors (Lipinski definition) is 4. The van der Waals surface area contributed by atoms with Crippen LogP contribution in [0.15, 0.2) is 12.7 Å². The van der Waals surface area contributed by atoms with Crippen LogP contribution in [0.2, 0.25) is 0 Å². The molecule has 6 heteroatoms. The molecule has 1 aliphatic heterocycles. The van der Waals surface area contributed by atoms with E-state index in [9.17, 15) is 9.59 Å². The fourth-order valence-corrected chi connectivity index (χ4v) is 1.41. The second-order valence-electron chi connectivity index (χ2n) is 3.34. The summed E-state index contributed by atoms with van der Waals surface area (Å²) in [6.07, 6.45) is 1.40. The fraction of sp³-hybridized carbons (Fsp3) is 0.600. The molecule has 1 heterocycles. The molecule has 0 aromatic rings. The Labute approximate surface area is 93.4 Å². The second-order valence-corrected chi connectivity index (χ2v) is 3.34. The lowest BCUT2D eigenvalue weighted by Crippen LogP contribution is -2.47. The zero-order valence-corrected chi connectivity index (χ0v) is 8.92. The summed E-state index contributed by atoms with van der Waals surface area (Å²) >= 11 is 0. The van der Waals surface area contributed by atoms with Gasteiger partial charge in [-0.25, -0.2) is 9.59 Å². The Morgan fingerprint density at radius 1 is 1.62 bits per heavy atom. The van der Waals surface area contributed by atoms with E-state index in [1.165, 1.54) is 11.0 Å². The molecule has 1 saturated heterocycles. The molecule has 0 radical (unpaired) electrons. The molecular formula is C10H15NO5. The van der Waals surface area contributed by atoms with Crippen molar-refractivity contribution in [3.63, 3.8) is 0 Å². The van der Waals surface area contributed by atoms with E-state index in [4.69, 9.17) is 14.6 Å². The molecule has 1 aliphatic rings. The third kappa shape index (κ3) is 3.23. The third-order valence-electron chi connectivity index (χ3n) is 2.18. The van der Waals surface area contributed by atoms with E-state index in [2.05, 4.69) is 6.58 Å². The van der Waals surface area contributed by atoms with E-state index in [1.807, 2.05) is 0 Å². The predicted molar refractivity (Wildman–Crippen MR) is 55.1 cm³/mol. The summed E-state index contributed by atoms with van der Waals surface area (Å²) in [4.78, 5) is 23.7. The summed E-state index contributed by atoms with van der Waals surface area (Å²) in [5.74, 6) is -1.09. The highest BCUT2D eigenvalue weighted by Gasteiger charge is 2.32. The molecule has 90 valence electrons. The summed E-state index contributed by atoms with van der Waals surface area (Å²) < 4.78 is 9.92. The van der Waals surface area contributed by atoms with Crippen LogP contribution in [0.25, 0.3) is 0 Å². The Kier molecular flexibility index (Phi) is 4.78. The topological polar surface area (TPSA) is 76.1 Å². The Bertz CT molecular complexity index is 278. The molecule has 1 N–H and O–H groups in total. The summed E-state index contributed by atoms with van der Waals surface area (Å²) in [6.45, 7) is 4.26. The number of hydrogen-bond donors (Lipinski definition) is 1. The first kappa shape index (κ1) is 12.5. The quantitative estimate of drug-likeness (QED) is 0.712.